The molecule has 0 amide bonds. The zero-order valence-electron chi connectivity index (χ0n) is 9.40. The molecule has 1 heterocycles. The largest absolute Gasteiger partial charge is 0.481 e. The Morgan fingerprint density at radius 2 is 2.20 bits per heavy atom. The molecule has 1 atom stereocenters. The lowest BCUT2D eigenvalue weighted by atomic mass is 10.1. The standard InChI is InChI=1S/C11H18N2O2/c1-8(2)9(7-14)12-10-5-4-6-11(13-10)15-3/h4-6,8-9,14H,7H2,1-3H3,(H,12,13). The van der Waals surface area contributed by atoms with Gasteiger partial charge >= 0.3 is 0 Å². The first-order valence-corrected chi connectivity index (χ1v) is 5.05. The summed E-state index contributed by atoms with van der Waals surface area (Å²) in [5, 5.41) is 12.3. The number of ether oxygens (including phenoxy) is 1. The van der Waals surface area contributed by atoms with E-state index in [0.717, 1.165) is 5.82 Å². The quantitative estimate of drug-likeness (QED) is 0.773. The number of aliphatic hydroxyl groups excluding tert-OH is 1. The molecule has 0 aliphatic rings. The number of methoxy groups -OCH3 is 1. The highest BCUT2D eigenvalue weighted by molar-refractivity contribution is 5.38. The molecule has 0 radical (unpaired) electrons. The number of hydrogen-bond donors (Lipinski definition) is 2. The van der Waals surface area contributed by atoms with Gasteiger partial charge in [0.05, 0.1) is 19.8 Å². The van der Waals surface area contributed by atoms with Crippen LogP contribution in [-0.2, 0) is 0 Å². The van der Waals surface area contributed by atoms with Crippen molar-refractivity contribution in [1.82, 2.24) is 4.98 Å². The van der Waals surface area contributed by atoms with Crippen molar-refractivity contribution in [1.29, 1.82) is 0 Å². The third-order valence-corrected chi connectivity index (χ3v) is 2.27. The summed E-state index contributed by atoms with van der Waals surface area (Å²) in [5.41, 5.74) is 0. The van der Waals surface area contributed by atoms with E-state index >= 15 is 0 Å². The van der Waals surface area contributed by atoms with E-state index in [1.807, 2.05) is 26.0 Å². The van der Waals surface area contributed by atoms with Gasteiger partial charge in [0.15, 0.2) is 0 Å². The highest BCUT2D eigenvalue weighted by Gasteiger charge is 2.12. The second kappa shape index (κ2) is 5.56. The van der Waals surface area contributed by atoms with Crippen LogP contribution in [0.3, 0.4) is 0 Å². The normalized spacial score (nSPS) is 12.6. The molecule has 1 aromatic rings. The van der Waals surface area contributed by atoms with Crippen LogP contribution in [0.1, 0.15) is 13.8 Å². The highest BCUT2D eigenvalue weighted by atomic mass is 16.5. The molecule has 4 nitrogen and oxygen atoms in total. The van der Waals surface area contributed by atoms with Gasteiger partial charge in [0.1, 0.15) is 5.82 Å². The molecule has 15 heavy (non-hydrogen) atoms. The van der Waals surface area contributed by atoms with Crippen molar-refractivity contribution in [2.24, 2.45) is 5.92 Å². The highest BCUT2D eigenvalue weighted by Crippen LogP contribution is 2.14. The van der Waals surface area contributed by atoms with Crippen LogP contribution in [0.15, 0.2) is 18.2 Å². The molecule has 4 heteroatoms. The Hall–Kier alpha value is -1.29. The number of aliphatic hydroxyl groups is 1. The summed E-state index contributed by atoms with van der Waals surface area (Å²) in [7, 11) is 1.58. The van der Waals surface area contributed by atoms with E-state index in [-0.39, 0.29) is 12.6 Å². The van der Waals surface area contributed by atoms with E-state index in [1.54, 1.807) is 13.2 Å². The van der Waals surface area contributed by atoms with Crippen molar-refractivity contribution in [2.45, 2.75) is 19.9 Å². The summed E-state index contributed by atoms with van der Waals surface area (Å²) in [6.45, 7) is 4.19. The fourth-order valence-corrected chi connectivity index (χ4v) is 1.22. The van der Waals surface area contributed by atoms with Crippen LogP contribution in [0.5, 0.6) is 5.88 Å². The first kappa shape index (κ1) is 11.8. The van der Waals surface area contributed by atoms with E-state index in [1.165, 1.54) is 0 Å². The summed E-state index contributed by atoms with van der Waals surface area (Å²) >= 11 is 0. The van der Waals surface area contributed by atoms with Gasteiger partial charge in [-0.2, -0.15) is 4.98 Å². The number of hydrogen-bond acceptors (Lipinski definition) is 4. The average molecular weight is 210 g/mol. The minimum Gasteiger partial charge on any atom is -0.481 e. The van der Waals surface area contributed by atoms with Crippen LogP contribution < -0.4 is 10.1 Å². The van der Waals surface area contributed by atoms with Gasteiger partial charge in [-0.1, -0.05) is 19.9 Å². The summed E-state index contributed by atoms with van der Waals surface area (Å²) in [6.07, 6.45) is 0. The number of pyridine rings is 1. The first-order chi connectivity index (χ1) is 7.17. The van der Waals surface area contributed by atoms with Crippen molar-refractivity contribution < 1.29 is 9.84 Å². The fraction of sp³-hybridized carbons (Fsp3) is 0.545. The maximum atomic E-state index is 9.16. The van der Waals surface area contributed by atoms with Crippen molar-refractivity contribution in [3.63, 3.8) is 0 Å². The molecule has 0 aromatic carbocycles. The van der Waals surface area contributed by atoms with Crippen LogP contribution in [0.2, 0.25) is 0 Å². The van der Waals surface area contributed by atoms with Crippen LogP contribution in [0, 0.1) is 5.92 Å². The Bertz CT molecular complexity index is 302. The lowest BCUT2D eigenvalue weighted by Crippen LogP contribution is -2.29. The maximum Gasteiger partial charge on any atom is 0.214 e. The van der Waals surface area contributed by atoms with Gasteiger partial charge in [-0.25, -0.2) is 0 Å². The van der Waals surface area contributed by atoms with Crippen molar-refractivity contribution in [3.05, 3.63) is 18.2 Å². The van der Waals surface area contributed by atoms with E-state index < -0.39 is 0 Å². The van der Waals surface area contributed by atoms with Crippen molar-refractivity contribution in [3.8, 4) is 5.88 Å². The van der Waals surface area contributed by atoms with Crippen LogP contribution in [0.4, 0.5) is 5.82 Å². The van der Waals surface area contributed by atoms with E-state index in [9.17, 15) is 0 Å². The second-order valence-electron chi connectivity index (χ2n) is 3.74. The smallest absolute Gasteiger partial charge is 0.214 e. The number of anilines is 1. The number of nitrogens with zero attached hydrogens (tertiary/aromatic N) is 1. The van der Waals surface area contributed by atoms with Gasteiger partial charge in [-0.3, -0.25) is 0 Å². The number of rotatable bonds is 5. The van der Waals surface area contributed by atoms with E-state index in [0.29, 0.717) is 11.8 Å². The SMILES string of the molecule is COc1cccc(NC(CO)C(C)C)n1. The Balaban J connectivity index is 2.70. The molecule has 1 unspecified atom stereocenters. The number of nitrogens with one attached hydrogen (secondary N) is 1. The summed E-state index contributed by atoms with van der Waals surface area (Å²) in [5.74, 6) is 1.64. The van der Waals surface area contributed by atoms with Gasteiger partial charge < -0.3 is 15.2 Å². The van der Waals surface area contributed by atoms with Crippen LogP contribution in [-0.4, -0.2) is 29.8 Å². The molecule has 0 saturated heterocycles. The molecule has 0 aliphatic heterocycles. The maximum absolute atomic E-state index is 9.16. The topological polar surface area (TPSA) is 54.4 Å². The lowest BCUT2D eigenvalue weighted by molar-refractivity contribution is 0.249. The molecule has 1 rings (SSSR count). The van der Waals surface area contributed by atoms with E-state index in [2.05, 4.69) is 10.3 Å². The van der Waals surface area contributed by atoms with Gasteiger partial charge in [0.2, 0.25) is 5.88 Å². The third kappa shape index (κ3) is 3.40. The molecule has 2 N–H and O–H groups in total. The molecule has 0 fully saturated rings. The second-order valence-corrected chi connectivity index (χ2v) is 3.74. The summed E-state index contributed by atoms with van der Waals surface area (Å²) < 4.78 is 5.02. The predicted molar refractivity (Wildman–Crippen MR) is 60.1 cm³/mol. The monoisotopic (exact) mass is 210 g/mol. The summed E-state index contributed by atoms with van der Waals surface area (Å²) in [6, 6.07) is 5.52. The Morgan fingerprint density at radius 1 is 1.47 bits per heavy atom. The molecular formula is C11H18N2O2. The van der Waals surface area contributed by atoms with Gasteiger partial charge in [0, 0.05) is 6.07 Å². The minimum atomic E-state index is 0.0182. The molecule has 0 spiro atoms. The molecule has 1 aromatic heterocycles. The van der Waals surface area contributed by atoms with Crippen molar-refractivity contribution >= 4 is 5.82 Å². The molecule has 0 saturated carbocycles. The van der Waals surface area contributed by atoms with Gasteiger partial charge in [-0.15, -0.1) is 0 Å². The van der Waals surface area contributed by atoms with Gasteiger partial charge in [-0.05, 0) is 12.0 Å². The van der Waals surface area contributed by atoms with Crippen molar-refractivity contribution in [2.75, 3.05) is 19.0 Å². The number of aromatic nitrogens is 1. The molecule has 84 valence electrons. The average Bonchev–Trinajstić information content (AvgIpc) is 2.25. The zero-order chi connectivity index (χ0) is 11.3. The Kier molecular flexibility index (Phi) is 4.37. The molecular weight excluding hydrogens is 192 g/mol. The molecule has 0 aliphatic carbocycles. The zero-order valence-corrected chi connectivity index (χ0v) is 9.40. The lowest BCUT2D eigenvalue weighted by Gasteiger charge is -2.20. The Labute approximate surface area is 90.3 Å². The van der Waals surface area contributed by atoms with Gasteiger partial charge in [0.25, 0.3) is 0 Å². The fourth-order valence-electron chi connectivity index (χ4n) is 1.22. The first-order valence-electron chi connectivity index (χ1n) is 5.05. The minimum absolute atomic E-state index is 0.0182. The third-order valence-electron chi connectivity index (χ3n) is 2.27. The van der Waals surface area contributed by atoms with E-state index in [4.69, 9.17) is 9.84 Å². The van der Waals surface area contributed by atoms with Crippen LogP contribution >= 0.6 is 0 Å². The summed E-state index contributed by atoms with van der Waals surface area (Å²) in [4.78, 5) is 4.22. The predicted octanol–water partition coefficient (Wildman–Crippen LogP) is 1.52. The van der Waals surface area contributed by atoms with Crippen LogP contribution in [0.25, 0.3) is 0 Å². The molecule has 0 bridgehead atoms. The Morgan fingerprint density at radius 3 is 2.73 bits per heavy atom.